The Morgan fingerprint density at radius 1 is 0.969 bits per heavy atom. The Bertz CT molecular complexity index is 1020. The number of benzene rings is 3. The van der Waals surface area contributed by atoms with E-state index in [4.69, 9.17) is 4.74 Å². The minimum Gasteiger partial charge on any atom is -0.497 e. The van der Waals surface area contributed by atoms with Crippen LogP contribution in [-0.2, 0) is 0 Å². The minimum atomic E-state index is -0.417. The van der Waals surface area contributed by atoms with Crippen molar-refractivity contribution >= 4 is 11.4 Å². The lowest BCUT2D eigenvalue weighted by molar-refractivity contribution is 0.145. The van der Waals surface area contributed by atoms with Gasteiger partial charge in [-0.05, 0) is 67.3 Å². The predicted molar refractivity (Wildman–Crippen MR) is 130 cm³/mol. The minimum absolute atomic E-state index is 0.417. The summed E-state index contributed by atoms with van der Waals surface area (Å²) in [5, 5.41) is 10.6. The zero-order chi connectivity index (χ0) is 21.9. The molecule has 1 fully saturated rings. The fourth-order valence-corrected chi connectivity index (χ4v) is 5.44. The number of methoxy groups -OCH3 is 1. The van der Waals surface area contributed by atoms with Crippen LogP contribution in [0.2, 0.25) is 0 Å². The Labute approximate surface area is 191 Å². The van der Waals surface area contributed by atoms with Gasteiger partial charge in [0.2, 0.25) is 0 Å². The molecular weight excluding hydrogens is 396 g/mol. The molecule has 1 N–H and O–H groups in total. The van der Waals surface area contributed by atoms with E-state index in [1.165, 1.54) is 16.9 Å². The van der Waals surface area contributed by atoms with Crippen LogP contribution in [0.1, 0.15) is 42.4 Å². The molecule has 5 rings (SSSR count). The Morgan fingerprint density at radius 3 is 2.50 bits per heavy atom. The molecule has 0 aromatic heterocycles. The highest BCUT2D eigenvalue weighted by Crippen LogP contribution is 2.48. The van der Waals surface area contributed by atoms with Crippen molar-refractivity contribution in [1.29, 1.82) is 0 Å². The van der Waals surface area contributed by atoms with Crippen LogP contribution in [-0.4, -0.2) is 42.8 Å². The second kappa shape index (κ2) is 9.35. The van der Waals surface area contributed by atoms with Gasteiger partial charge in [0.15, 0.2) is 0 Å². The van der Waals surface area contributed by atoms with Crippen LogP contribution >= 0.6 is 0 Å². The van der Waals surface area contributed by atoms with Gasteiger partial charge in [-0.25, -0.2) is 0 Å². The number of aliphatic hydroxyl groups is 1. The van der Waals surface area contributed by atoms with Crippen molar-refractivity contribution in [2.45, 2.75) is 37.3 Å². The second-order valence-corrected chi connectivity index (χ2v) is 8.96. The molecule has 166 valence electrons. The molecule has 0 spiro atoms. The molecule has 3 atom stereocenters. The lowest BCUT2D eigenvalue weighted by Gasteiger charge is -2.39. The third-order valence-corrected chi connectivity index (χ3v) is 7.07. The fraction of sp³-hybridized carbons (Fsp3) is 0.357. The summed E-state index contributed by atoms with van der Waals surface area (Å²) in [5.41, 5.74) is 5.10. The third-order valence-electron chi connectivity index (χ3n) is 7.07. The maximum Gasteiger partial charge on any atom is 0.118 e. The van der Waals surface area contributed by atoms with Gasteiger partial charge in [-0.3, -0.25) is 0 Å². The van der Waals surface area contributed by atoms with Gasteiger partial charge in [-0.1, -0.05) is 48.5 Å². The number of anilines is 2. The molecule has 32 heavy (non-hydrogen) atoms. The summed E-state index contributed by atoms with van der Waals surface area (Å²) in [6.07, 6.45) is 2.52. The van der Waals surface area contributed by atoms with Crippen LogP contribution < -0.4 is 9.64 Å². The zero-order valence-electron chi connectivity index (χ0n) is 18.7. The lowest BCUT2D eigenvalue weighted by Crippen LogP contribution is -2.45. The van der Waals surface area contributed by atoms with Crippen molar-refractivity contribution in [2.24, 2.45) is 0 Å². The number of ether oxygens (including phenoxy) is 1. The first-order valence-electron chi connectivity index (χ1n) is 11.7. The van der Waals surface area contributed by atoms with Crippen LogP contribution in [0.4, 0.5) is 11.4 Å². The van der Waals surface area contributed by atoms with Crippen LogP contribution in [0.15, 0.2) is 78.9 Å². The normalized spacial score (nSPS) is 21.1. The van der Waals surface area contributed by atoms with E-state index in [-0.39, 0.29) is 0 Å². The highest BCUT2D eigenvalue weighted by molar-refractivity contribution is 5.72. The molecule has 3 aromatic carbocycles. The zero-order valence-corrected chi connectivity index (χ0v) is 18.7. The van der Waals surface area contributed by atoms with Crippen LogP contribution in [0.25, 0.3) is 0 Å². The Kier molecular flexibility index (Phi) is 6.15. The van der Waals surface area contributed by atoms with Crippen molar-refractivity contribution in [2.75, 3.05) is 31.6 Å². The predicted octanol–water partition coefficient (Wildman–Crippen LogP) is 5.52. The molecule has 0 aliphatic carbocycles. The quantitative estimate of drug-likeness (QED) is 0.538. The van der Waals surface area contributed by atoms with Gasteiger partial charge in [0, 0.05) is 36.4 Å². The Hall–Kier alpha value is -2.82. The van der Waals surface area contributed by atoms with E-state index in [2.05, 4.69) is 64.4 Å². The number of hydrogen-bond donors (Lipinski definition) is 1. The summed E-state index contributed by atoms with van der Waals surface area (Å²) in [7, 11) is 1.66. The molecular formula is C28H32N2O2. The molecule has 2 heterocycles. The molecule has 1 saturated heterocycles. The smallest absolute Gasteiger partial charge is 0.118 e. The SMILES string of the molecule is COc1ccc(C(O)CCCN2CC[C@@H]3[C@@H](C2)c2ccccc2N3c2ccccc2)cc1. The van der Waals surface area contributed by atoms with E-state index in [0.29, 0.717) is 12.0 Å². The van der Waals surface area contributed by atoms with E-state index < -0.39 is 6.10 Å². The Balaban J connectivity index is 1.22. The summed E-state index contributed by atoms with van der Waals surface area (Å²) in [6, 6.07) is 28.0. The third kappa shape index (κ3) is 4.13. The van der Waals surface area contributed by atoms with Gasteiger partial charge in [0.25, 0.3) is 0 Å². The van der Waals surface area contributed by atoms with Crippen molar-refractivity contribution in [1.82, 2.24) is 4.90 Å². The molecule has 0 amide bonds. The van der Waals surface area contributed by atoms with Crippen LogP contribution in [0.3, 0.4) is 0 Å². The first-order chi connectivity index (χ1) is 15.7. The number of piperidine rings is 1. The summed E-state index contributed by atoms with van der Waals surface area (Å²) < 4.78 is 5.21. The lowest BCUT2D eigenvalue weighted by atomic mass is 9.89. The molecule has 0 radical (unpaired) electrons. The van der Waals surface area contributed by atoms with Gasteiger partial charge in [-0.2, -0.15) is 0 Å². The second-order valence-electron chi connectivity index (χ2n) is 8.96. The molecule has 2 aliphatic rings. The highest BCUT2D eigenvalue weighted by atomic mass is 16.5. The number of likely N-dealkylation sites (tertiary alicyclic amines) is 1. The summed E-state index contributed by atoms with van der Waals surface area (Å²) in [6.45, 7) is 3.23. The van der Waals surface area contributed by atoms with E-state index in [9.17, 15) is 5.11 Å². The maximum absolute atomic E-state index is 10.6. The molecule has 4 heteroatoms. The largest absolute Gasteiger partial charge is 0.497 e. The summed E-state index contributed by atoms with van der Waals surface area (Å²) >= 11 is 0. The van der Waals surface area contributed by atoms with Gasteiger partial charge in [0.1, 0.15) is 5.75 Å². The highest BCUT2D eigenvalue weighted by Gasteiger charge is 2.42. The number of fused-ring (bicyclic) bond motifs is 3. The average molecular weight is 429 g/mol. The molecule has 3 aromatic rings. The molecule has 0 saturated carbocycles. The first kappa shape index (κ1) is 21.0. The van der Waals surface area contributed by atoms with E-state index in [1.54, 1.807) is 7.11 Å². The van der Waals surface area contributed by atoms with E-state index in [0.717, 1.165) is 50.2 Å². The van der Waals surface area contributed by atoms with Gasteiger partial charge in [0.05, 0.1) is 13.2 Å². The average Bonchev–Trinajstić information content (AvgIpc) is 3.18. The summed E-state index contributed by atoms with van der Waals surface area (Å²) in [4.78, 5) is 5.15. The van der Waals surface area contributed by atoms with Crippen molar-refractivity contribution < 1.29 is 9.84 Å². The Morgan fingerprint density at radius 2 is 1.72 bits per heavy atom. The first-order valence-corrected chi connectivity index (χ1v) is 11.7. The van der Waals surface area contributed by atoms with Gasteiger partial charge in [-0.15, -0.1) is 0 Å². The van der Waals surface area contributed by atoms with Gasteiger partial charge < -0.3 is 19.6 Å². The number of aliphatic hydroxyl groups excluding tert-OH is 1. The monoisotopic (exact) mass is 428 g/mol. The fourth-order valence-electron chi connectivity index (χ4n) is 5.44. The molecule has 2 aliphatic heterocycles. The van der Waals surface area contributed by atoms with Gasteiger partial charge >= 0.3 is 0 Å². The van der Waals surface area contributed by atoms with E-state index >= 15 is 0 Å². The van der Waals surface area contributed by atoms with Crippen molar-refractivity contribution in [3.8, 4) is 5.75 Å². The molecule has 1 unspecified atom stereocenters. The van der Waals surface area contributed by atoms with Crippen LogP contribution in [0, 0.1) is 0 Å². The van der Waals surface area contributed by atoms with Crippen LogP contribution in [0.5, 0.6) is 5.75 Å². The maximum atomic E-state index is 10.6. The number of hydrogen-bond acceptors (Lipinski definition) is 4. The molecule has 0 bridgehead atoms. The number of nitrogens with zero attached hydrogens (tertiary/aromatic N) is 2. The van der Waals surface area contributed by atoms with Crippen molar-refractivity contribution in [3.05, 3.63) is 90.0 Å². The van der Waals surface area contributed by atoms with E-state index in [1.807, 2.05) is 24.3 Å². The number of rotatable bonds is 7. The number of para-hydroxylation sites is 2. The standard InChI is InChI=1S/C28H32N2O2/c1-32-23-15-13-21(14-16-23)28(31)12-7-18-29-19-17-27-25(20-29)24-10-5-6-11-26(24)30(27)22-8-3-2-4-9-22/h2-6,8-11,13-16,25,27-28,31H,7,12,17-20H2,1H3/t25-,27+,28?/m0/s1. The topological polar surface area (TPSA) is 35.9 Å². The summed E-state index contributed by atoms with van der Waals surface area (Å²) in [5.74, 6) is 1.36. The van der Waals surface area contributed by atoms with Crippen molar-refractivity contribution in [3.63, 3.8) is 0 Å². The molecule has 4 nitrogen and oxygen atoms in total.